The van der Waals surface area contributed by atoms with Gasteiger partial charge in [0.1, 0.15) is 5.76 Å². The number of carbonyl (C=O) groups is 1. The van der Waals surface area contributed by atoms with Crippen LogP contribution in [0.25, 0.3) is 0 Å². The van der Waals surface area contributed by atoms with E-state index in [9.17, 15) is 4.79 Å². The maximum absolute atomic E-state index is 11.7. The van der Waals surface area contributed by atoms with Gasteiger partial charge in [0.05, 0.1) is 18.7 Å². The van der Waals surface area contributed by atoms with E-state index in [0.717, 1.165) is 0 Å². The second-order valence-electron chi connectivity index (χ2n) is 4.57. The monoisotopic (exact) mass is 195 g/mol. The Kier molecular flexibility index (Phi) is 3.11. The lowest BCUT2D eigenvalue weighted by molar-refractivity contribution is -0.122. The number of carbonyl (C=O) groups excluding carboxylic acids is 1. The highest BCUT2D eigenvalue weighted by Crippen LogP contribution is 2.19. The Morgan fingerprint density at radius 2 is 2.21 bits per heavy atom. The molecule has 0 amide bonds. The SMILES string of the molecule is CC(C)(C)C(N)C(=O)Cc1ccco1. The average Bonchev–Trinajstić information content (AvgIpc) is 2.53. The molecule has 1 rings (SSSR count). The molecule has 0 aliphatic carbocycles. The highest BCUT2D eigenvalue weighted by molar-refractivity contribution is 5.86. The van der Waals surface area contributed by atoms with Crippen LogP contribution in [-0.2, 0) is 11.2 Å². The van der Waals surface area contributed by atoms with Crippen LogP contribution < -0.4 is 5.73 Å². The number of ketones is 1. The van der Waals surface area contributed by atoms with E-state index in [2.05, 4.69) is 0 Å². The molecule has 3 nitrogen and oxygen atoms in total. The molecule has 0 radical (unpaired) electrons. The molecule has 1 atom stereocenters. The molecular weight excluding hydrogens is 178 g/mol. The van der Waals surface area contributed by atoms with Crippen molar-refractivity contribution < 1.29 is 9.21 Å². The molecule has 0 spiro atoms. The number of furan rings is 1. The Labute approximate surface area is 84.3 Å². The number of hydrogen-bond donors (Lipinski definition) is 1. The molecule has 1 unspecified atom stereocenters. The van der Waals surface area contributed by atoms with Crippen LogP contribution in [0.5, 0.6) is 0 Å². The van der Waals surface area contributed by atoms with Crippen LogP contribution in [0.1, 0.15) is 26.5 Å². The molecule has 3 heteroatoms. The Bertz CT molecular complexity index is 296. The molecular formula is C11H17NO2. The molecule has 0 saturated heterocycles. The maximum Gasteiger partial charge on any atom is 0.157 e. The first kappa shape index (κ1) is 11.0. The van der Waals surface area contributed by atoms with Gasteiger partial charge in [-0.2, -0.15) is 0 Å². The summed E-state index contributed by atoms with van der Waals surface area (Å²) in [7, 11) is 0. The second-order valence-corrected chi connectivity index (χ2v) is 4.57. The molecule has 0 aromatic carbocycles. The largest absolute Gasteiger partial charge is 0.469 e. The minimum atomic E-state index is -0.437. The van der Waals surface area contributed by atoms with Gasteiger partial charge in [-0.3, -0.25) is 4.79 Å². The lowest BCUT2D eigenvalue weighted by atomic mass is 9.84. The molecule has 78 valence electrons. The Hall–Kier alpha value is -1.09. The highest BCUT2D eigenvalue weighted by Gasteiger charge is 2.27. The van der Waals surface area contributed by atoms with Crippen LogP contribution in [0, 0.1) is 5.41 Å². The van der Waals surface area contributed by atoms with E-state index < -0.39 is 6.04 Å². The van der Waals surface area contributed by atoms with Crippen molar-refractivity contribution in [3.63, 3.8) is 0 Å². The van der Waals surface area contributed by atoms with Gasteiger partial charge in [0.25, 0.3) is 0 Å². The number of Topliss-reactive ketones (excluding diaryl/α,β-unsaturated/α-hetero) is 1. The third kappa shape index (κ3) is 2.70. The number of rotatable bonds is 3. The summed E-state index contributed by atoms with van der Waals surface area (Å²) >= 11 is 0. The van der Waals surface area contributed by atoms with Gasteiger partial charge in [-0.05, 0) is 17.5 Å². The standard InChI is InChI=1S/C11H17NO2/c1-11(2,3)10(12)9(13)7-8-5-4-6-14-8/h4-6,10H,7,12H2,1-3H3. The van der Waals surface area contributed by atoms with Crippen LogP contribution in [-0.4, -0.2) is 11.8 Å². The van der Waals surface area contributed by atoms with E-state index in [-0.39, 0.29) is 17.6 Å². The lowest BCUT2D eigenvalue weighted by Crippen LogP contribution is -2.43. The van der Waals surface area contributed by atoms with E-state index in [0.29, 0.717) is 5.76 Å². The molecule has 2 N–H and O–H groups in total. The Morgan fingerprint density at radius 3 is 2.64 bits per heavy atom. The van der Waals surface area contributed by atoms with Gasteiger partial charge in [0.15, 0.2) is 5.78 Å². The van der Waals surface area contributed by atoms with Crippen LogP contribution in [0.4, 0.5) is 0 Å². The normalized spacial score (nSPS) is 14.0. The third-order valence-corrected chi connectivity index (χ3v) is 2.21. The molecule has 1 aromatic rings. The Morgan fingerprint density at radius 1 is 1.57 bits per heavy atom. The van der Waals surface area contributed by atoms with Crippen molar-refractivity contribution in [3.8, 4) is 0 Å². The molecule has 1 heterocycles. The number of hydrogen-bond acceptors (Lipinski definition) is 3. The molecule has 0 fully saturated rings. The second kappa shape index (κ2) is 3.96. The van der Waals surface area contributed by atoms with Crippen molar-refractivity contribution in [3.05, 3.63) is 24.2 Å². The lowest BCUT2D eigenvalue weighted by Gasteiger charge is -2.25. The average molecular weight is 195 g/mol. The third-order valence-electron chi connectivity index (χ3n) is 2.21. The fourth-order valence-electron chi connectivity index (χ4n) is 1.18. The summed E-state index contributed by atoms with van der Waals surface area (Å²) in [5, 5.41) is 0. The summed E-state index contributed by atoms with van der Waals surface area (Å²) < 4.78 is 5.09. The fraction of sp³-hybridized carbons (Fsp3) is 0.545. The van der Waals surface area contributed by atoms with E-state index >= 15 is 0 Å². The smallest absolute Gasteiger partial charge is 0.157 e. The topological polar surface area (TPSA) is 56.2 Å². The minimum Gasteiger partial charge on any atom is -0.469 e. The van der Waals surface area contributed by atoms with Crippen LogP contribution in [0.3, 0.4) is 0 Å². The number of nitrogens with two attached hydrogens (primary N) is 1. The quantitative estimate of drug-likeness (QED) is 0.799. The van der Waals surface area contributed by atoms with Gasteiger partial charge in [0, 0.05) is 0 Å². The first-order valence-electron chi connectivity index (χ1n) is 4.72. The summed E-state index contributed by atoms with van der Waals surface area (Å²) in [6, 6.07) is 3.12. The zero-order chi connectivity index (χ0) is 10.8. The minimum absolute atomic E-state index is 0.0208. The van der Waals surface area contributed by atoms with E-state index in [1.54, 1.807) is 18.4 Å². The van der Waals surface area contributed by atoms with Gasteiger partial charge in [-0.1, -0.05) is 20.8 Å². The Balaban J connectivity index is 2.59. The molecule has 14 heavy (non-hydrogen) atoms. The van der Waals surface area contributed by atoms with Gasteiger partial charge in [0.2, 0.25) is 0 Å². The molecule has 1 aromatic heterocycles. The van der Waals surface area contributed by atoms with E-state index in [4.69, 9.17) is 10.2 Å². The predicted octanol–water partition coefficient (Wildman–Crippen LogP) is 1.76. The van der Waals surface area contributed by atoms with E-state index in [1.165, 1.54) is 0 Å². The maximum atomic E-state index is 11.7. The zero-order valence-corrected chi connectivity index (χ0v) is 8.91. The van der Waals surface area contributed by atoms with Crippen molar-refractivity contribution in [2.45, 2.75) is 33.2 Å². The summed E-state index contributed by atoms with van der Waals surface area (Å²) in [6.45, 7) is 5.87. The first-order chi connectivity index (χ1) is 6.41. The summed E-state index contributed by atoms with van der Waals surface area (Å²) in [6.07, 6.45) is 1.84. The zero-order valence-electron chi connectivity index (χ0n) is 8.91. The summed E-state index contributed by atoms with van der Waals surface area (Å²) in [5.74, 6) is 0.696. The van der Waals surface area contributed by atoms with Crippen LogP contribution >= 0.6 is 0 Å². The van der Waals surface area contributed by atoms with Crippen molar-refractivity contribution in [1.82, 2.24) is 0 Å². The van der Waals surface area contributed by atoms with Gasteiger partial charge in [-0.15, -0.1) is 0 Å². The van der Waals surface area contributed by atoms with E-state index in [1.807, 2.05) is 20.8 Å². The summed E-state index contributed by atoms with van der Waals surface area (Å²) in [5.41, 5.74) is 5.63. The van der Waals surface area contributed by atoms with Crippen LogP contribution in [0.15, 0.2) is 22.8 Å². The van der Waals surface area contributed by atoms with Gasteiger partial charge >= 0.3 is 0 Å². The van der Waals surface area contributed by atoms with Crippen molar-refractivity contribution >= 4 is 5.78 Å². The predicted molar refractivity (Wildman–Crippen MR) is 54.8 cm³/mol. The molecule has 0 aliphatic rings. The van der Waals surface area contributed by atoms with Gasteiger partial charge in [-0.25, -0.2) is 0 Å². The van der Waals surface area contributed by atoms with Crippen LogP contribution in [0.2, 0.25) is 0 Å². The van der Waals surface area contributed by atoms with Gasteiger partial charge < -0.3 is 10.2 Å². The first-order valence-corrected chi connectivity index (χ1v) is 4.72. The molecule has 0 aliphatic heterocycles. The fourth-order valence-corrected chi connectivity index (χ4v) is 1.18. The highest BCUT2D eigenvalue weighted by atomic mass is 16.3. The van der Waals surface area contributed by atoms with Crippen molar-refractivity contribution in [2.24, 2.45) is 11.1 Å². The molecule has 0 saturated carbocycles. The summed E-state index contributed by atoms with van der Waals surface area (Å²) in [4.78, 5) is 11.7. The van der Waals surface area contributed by atoms with Crippen molar-refractivity contribution in [2.75, 3.05) is 0 Å². The molecule has 0 bridgehead atoms. The van der Waals surface area contributed by atoms with Crippen molar-refractivity contribution in [1.29, 1.82) is 0 Å².